The van der Waals surface area contributed by atoms with Crippen LogP contribution in [0.3, 0.4) is 0 Å². The summed E-state index contributed by atoms with van der Waals surface area (Å²) in [4.78, 5) is 28.2. The molecule has 3 rings (SSSR count). The van der Waals surface area contributed by atoms with Crippen LogP contribution in [-0.4, -0.2) is 22.0 Å². The minimum atomic E-state index is -0.875. The second kappa shape index (κ2) is 6.04. The zero-order valence-corrected chi connectivity index (χ0v) is 13.2. The molecule has 0 saturated heterocycles. The third-order valence-corrected chi connectivity index (χ3v) is 5.21. The standard InChI is InChI=1S/C16H18N2O3S/c1-9-5-4-8-12-13(9)17-16(22-12)18-14(19)10-6-2-3-7-11(10)15(20)21/h4-5,8,10-11H,2-3,6-7H2,1H3,(H,20,21)(H,17,18,19)/t10-,11-/m1/s1. The molecule has 1 fully saturated rings. The Morgan fingerprint density at radius 2 is 2.00 bits per heavy atom. The first-order chi connectivity index (χ1) is 10.6. The monoisotopic (exact) mass is 318 g/mol. The van der Waals surface area contributed by atoms with Gasteiger partial charge in [0.1, 0.15) is 0 Å². The van der Waals surface area contributed by atoms with Crippen LogP contribution in [0.4, 0.5) is 5.13 Å². The van der Waals surface area contributed by atoms with Crippen LogP contribution in [0.1, 0.15) is 31.2 Å². The van der Waals surface area contributed by atoms with E-state index < -0.39 is 17.8 Å². The molecule has 1 saturated carbocycles. The summed E-state index contributed by atoms with van der Waals surface area (Å²) in [5.41, 5.74) is 1.96. The van der Waals surface area contributed by atoms with E-state index in [1.54, 1.807) is 0 Å². The average molecular weight is 318 g/mol. The van der Waals surface area contributed by atoms with Crippen LogP contribution in [0.15, 0.2) is 18.2 Å². The number of amides is 1. The molecule has 1 amide bonds. The fraction of sp³-hybridized carbons (Fsp3) is 0.438. The summed E-state index contributed by atoms with van der Waals surface area (Å²) in [5, 5.41) is 12.6. The third-order valence-electron chi connectivity index (χ3n) is 4.27. The lowest BCUT2D eigenvalue weighted by Gasteiger charge is -2.26. The second-order valence-electron chi connectivity index (χ2n) is 5.77. The Labute approximate surface area is 132 Å². The molecule has 6 heteroatoms. The van der Waals surface area contributed by atoms with Gasteiger partial charge in [-0.15, -0.1) is 0 Å². The highest BCUT2D eigenvalue weighted by Gasteiger charge is 2.36. The highest BCUT2D eigenvalue weighted by atomic mass is 32.1. The fourth-order valence-corrected chi connectivity index (χ4v) is 4.02. The summed E-state index contributed by atoms with van der Waals surface area (Å²) in [5.74, 6) is -2.13. The van der Waals surface area contributed by atoms with Crippen LogP contribution < -0.4 is 5.32 Å². The topological polar surface area (TPSA) is 79.3 Å². The van der Waals surface area contributed by atoms with Crippen LogP contribution in [0.5, 0.6) is 0 Å². The molecule has 1 aliphatic carbocycles. The van der Waals surface area contributed by atoms with E-state index in [-0.39, 0.29) is 5.91 Å². The third kappa shape index (κ3) is 2.83. The van der Waals surface area contributed by atoms with Gasteiger partial charge in [0.15, 0.2) is 5.13 Å². The van der Waals surface area contributed by atoms with Gasteiger partial charge in [-0.1, -0.05) is 36.3 Å². The summed E-state index contributed by atoms with van der Waals surface area (Å²) in [7, 11) is 0. The lowest BCUT2D eigenvalue weighted by molar-refractivity contribution is -0.147. The van der Waals surface area contributed by atoms with Gasteiger partial charge in [-0.3, -0.25) is 9.59 Å². The molecule has 2 atom stereocenters. The fourth-order valence-electron chi connectivity index (χ4n) is 3.08. The van der Waals surface area contributed by atoms with Gasteiger partial charge in [-0.05, 0) is 31.4 Å². The number of nitrogens with one attached hydrogen (secondary N) is 1. The number of carboxylic acids is 1. The maximum atomic E-state index is 12.4. The van der Waals surface area contributed by atoms with Gasteiger partial charge in [0.2, 0.25) is 5.91 Å². The van der Waals surface area contributed by atoms with Crippen LogP contribution in [-0.2, 0) is 9.59 Å². The Balaban J connectivity index is 1.80. The number of anilines is 1. The lowest BCUT2D eigenvalue weighted by atomic mass is 9.79. The first kappa shape index (κ1) is 15.0. The van der Waals surface area contributed by atoms with Crippen molar-refractivity contribution in [3.63, 3.8) is 0 Å². The van der Waals surface area contributed by atoms with Crippen molar-refractivity contribution in [3.05, 3.63) is 23.8 Å². The molecular formula is C16H18N2O3S. The summed E-state index contributed by atoms with van der Waals surface area (Å²) >= 11 is 1.42. The molecule has 116 valence electrons. The molecule has 1 aromatic carbocycles. The molecule has 1 heterocycles. The van der Waals surface area contributed by atoms with Crippen molar-refractivity contribution >= 4 is 38.6 Å². The molecule has 1 aromatic heterocycles. The Bertz CT molecular complexity index is 725. The van der Waals surface area contributed by atoms with Crippen LogP contribution >= 0.6 is 11.3 Å². The smallest absolute Gasteiger partial charge is 0.307 e. The number of carbonyl (C=O) groups is 2. The molecule has 2 N–H and O–H groups in total. The number of carboxylic acid groups (broad SMARTS) is 1. The van der Waals surface area contributed by atoms with Gasteiger partial charge >= 0.3 is 5.97 Å². The number of thiazole rings is 1. The number of hydrogen-bond acceptors (Lipinski definition) is 4. The molecule has 0 unspecified atom stereocenters. The van der Waals surface area contributed by atoms with Crippen molar-refractivity contribution in [2.45, 2.75) is 32.6 Å². The number of aromatic nitrogens is 1. The highest BCUT2D eigenvalue weighted by molar-refractivity contribution is 7.22. The van der Waals surface area contributed by atoms with Crippen molar-refractivity contribution in [2.24, 2.45) is 11.8 Å². The van der Waals surface area contributed by atoms with Gasteiger partial charge in [-0.25, -0.2) is 4.98 Å². The van der Waals surface area contributed by atoms with Crippen molar-refractivity contribution in [2.75, 3.05) is 5.32 Å². The number of aliphatic carboxylic acids is 1. The molecule has 0 bridgehead atoms. The summed E-state index contributed by atoms with van der Waals surface area (Å²) in [6.45, 7) is 1.98. The van der Waals surface area contributed by atoms with E-state index in [1.165, 1.54) is 11.3 Å². The number of carbonyl (C=O) groups excluding carboxylic acids is 1. The quantitative estimate of drug-likeness (QED) is 0.908. The van der Waals surface area contributed by atoms with E-state index in [1.807, 2.05) is 25.1 Å². The van der Waals surface area contributed by atoms with E-state index in [0.717, 1.165) is 28.6 Å². The number of benzene rings is 1. The molecule has 0 radical (unpaired) electrons. The van der Waals surface area contributed by atoms with Gasteiger partial charge in [0, 0.05) is 0 Å². The van der Waals surface area contributed by atoms with Gasteiger partial charge < -0.3 is 10.4 Å². The van der Waals surface area contributed by atoms with Crippen molar-refractivity contribution < 1.29 is 14.7 Å². The van der Waals surface area contributed by atoms with E-state index in [0.29, 0.717) is 18.0 Å². The van der Waals surface area contributed by atoms with E-state index >= 15 is 0 Å². The van der Waals surface area contributed by atoms with Crippen molar-refractivity contribution in [3.8, 4) is 0 Å². The number of nitrogens with zero attached hydrogens (tertiary/aromatic N) is 1. The van der Waals surface area contributed by atoms with Crippen molar-refractivity contribution in [1.82, 2.24) is 4.98 Å². The maximum Gasteiger partial charge on any atom is 0.307 e. The first-order valence-electron chi connectivity index (χ1n) is 7.46. The zero-order chi connectivity index (χ0) is 15.7. The molecule has 2 aromatic rings. The SMILES string of the molecule is Cc1cccc2sc(NC(=O)[C@@H]3CCCC[C@H]3C(=O)O)nc12. The van der Waals surface area contributed by atoms with Crippen LogP contribution in [0, 0.1) is 18.8 Å². The summed E-state index contributed by atoms with van der Waals surface area (Å²) < 4.78 is 1.02. The average Bonchev–Trinajstić information content (AvgIpc) is 2.91. The van der Waals surface area contributed by atoms with E-state index in [9.17, 15) is 14.7 Å². The zero-order valence-electron chi connectivity index (χ0n) is 12.3. The van der Waals surface area contributed by atoms with Gasteiger partial charge in [0.25, 0.3) is 0 Å². The molecule has 22 heavy (non-hydrogen) atoms. The Kier molecular flexibility index (Phi) is 4.11. The molecule has 5 nitrogen and oxygen atoms in total. The number of para-hydroxylation sites is 1. The number of aryl methyl sites for hydroxylation is 1. The lowest BCUT2D eigenvalue weighted by Crippen LogP contribution is -2.36. The molecular weight excluding hydrogens is 300 g/mol. The number of fused-ring (bicyclic) bond motifs is 1. The Hall–Kier alpha value is -1.95. The summed E-state index contributed by atoms with van der Waals surface area (Å²) in [6, 6.07) is 5.91. The first-order valence-corrected chi connectivity index (χ1v) is 8.28. The molecule has 0 spiro atoms. The Morgan fingerprint density at radius 1 is 1.27 bits per heavy atom. The number of hydrogen-bond donors (Lipinski definition) is 2. The second-order valence-corrected chi connectivity index (χ2v) is 6.80. The minimum absolute atomic E-state index is 0.219. The Morgan fingerprint density at radius 3 is 2.68 bits per heavy atom. The van der Waals surface area contributed by atoms with Crippen molar-refractivity contribution in [1.29, 1.82) is 0 Å². The normalized spacial score (nSPS) is 21.7. The molecule has 0 aliphatic heterocycles. The van der Waals surface area contributed by atoms with E-state index in [2.05, 4.69) is 10.3 Å². The largest absolute Gasteiger partial charge is 0.481 e. The predicted molar refractivity (Wildman–Crippen MR) is 86.1 cm³/mol. The van der Waals surface area contributed by atoms with Gasteiger partial charge in [0.05, 0.1) is 22.1 Å². The number of rotatable bonds is 3. The molecule has 1 aliphatic rings. The highest BCUT2D eigenvalue weighted by Crippen LogP contribution is 2.33. The van der Waals surface area contributed by atoms with E-state index in [4.69, 9.17) is 0 Å². The maximum absolute atomic E-state index is 12.4. The van der Waals surface area contributed by atoms with Crippen LogP contribution in [0.25, 0.3) is 10.2 Å². The summed E-state index contributed by atoms with van der Waals surface area (Å²) in [6.07, 6.45) is 2.99. The van der Waals surface area contributed by atoms with Gasteiger partial charge in [-0.2, -0.15) is 0 Å². The van der Waals surface area contributed by atoms with Crippen LogP contribution in [0.2, 0.25) is 0 Å². The minimum Gasteiger partial charge on any atom is -0.481 e. The predicted octanol–water partition coefficient (Wildman–Crippen LogP) is 3.43.